The highest BCUT2D eigenvalue weighted by molar-refractivity contribution is 5.40. The molecule has 0 aliphatic carbocycles. The Morgan fingerprint density at radius 2 is 2.14 bits per heavy atom. The van der Waals surface area contributed by atoms with Crippen molar-refractivity contribution >= 4 is 0 Å². The molecular formula is C9H7F3N2. The number of pyridine rings is 1. The molecule has 0 spiro atoms. The first kappa shape index (κ1) is 10.5. The van der Waals surface area contributed by atoms with Gasteiger partial charge in [-0.2, -0.15) is 18.4 Å². The Kier molecular flexibility index (Phi) is 2.75. The lowest BCUT2D eigenvalue weighted by Crippen LogP contribution is -2.12. The molecule has 14 heavy (non-hydrogen) atoms. The molecule has 74 valence electrons. The van der Waals surface area contributed by atoms with Crippen LogP contribution in [-0.2, 0) is 12.6 Å². The fraction of sp³-hybridized carbons (Fsp3) is 0.333. The zero-order valence-corrected chi connectivity index (χ0v) is 7.39. The van der Waals surface area contributed by atoms with E-state index in [0.717, 1.165) is 6.20 Å². The maximum Gasteiger partial charge on any atom is 0.433 e. The Morgan fingerprint density at radius 1 is 1.50 bits per heavy atom. The summed E-state index contributed by atoms with van der Waals surface area (Å²) >= 11 is 0. The van der Waals surface area contributed by atoms with Crippen molar-refractivity contribution in [1.29, 1.82) is 5.26 Å². The predicted molar refractivity (Wildman–Crippen MR) is 43.3 cm³/mol. The minimum atomic E-state index is -4.49. The summed E-state index contributed by atoms with van der Waals surface area (Å²) < 4.78 is 37.1. The Bertz CT molecular complexity index is 377. The highest BCUT2D eigenvalue weighted by Gasteiger charge is 2.35. The molecule has 0 amide bonds. The first-order chi connectivity index (χ1) is 6.50. The van der Waals surface area contributed by atoms with Gasteiger partial charge in [0.15, 0.2) is 0 Å². The summed E-state index contributed by atoms with van der Waals surface area (Å²) in [6, 6.07) is 3.00. The molecule has 0 aliphatic rings. The van der Waals surface area contributed by atoms with Crippen molar-refractivity contribution in [3.05, 3.63) is 29.1 Å². The van der Waals surface area contributed by atoms with Gasteiger partial charge in [-0.1, -0.05) is 6.92 Å². The second-order valence-electron chi connectivity index (χ2n) is 2.65. The molecule has 0 bridgehead atoms. The van der Waals surface area contributed by atoms with Crippen LogP contribution in [-0.4, -0.2) is 4.98 Å². The molecule has 1 rings (SSSR count). The number of rotatable bonds is 1. The van der Waals surface area contributed by atoms with Crippen LogP contribution >= 0.6 is 0 Å². The Labute approximate surface area is 79.0 Å². The maximum absolute atomic E-state index is 12.4. The SMILES string of the molecule is CCc1c(C#N)ccnc1C(F)(F)F. The van der Waals surface area contributed by atoms with Crippen LogP contribution in [0, 0.1) is 11.3 Å². The van der Waals surface area contributed by atoms with Crippen LogP contribution in [0.3, 0.4) is 0 Å². The van der Waals surface area contributed by atoms with Gasteiger partial charge in [0.1, 0.15) is 5.69 Å². The molecule has 2 nitrogen and oxygen atoms in total. The molecule has 1 aromatic heterocycles. The minimum Gasteiger partial charge on any atom is -0.251 e. The first-order valence-electron chi connectivity index (χ1n) is 3.96. The van der Waals surface area contributed by atoms with Crippen LogP contribution in [0.1, 0.15) is 23.7 Å². The smallest absolute Gasteiger partial charge is 0.251 e. The fourth-order valence-electron chi connectivity index (χ4n) is 1.20. The Hall–Kier alpha value is -1.57. The second-order valence-corrected chi connectivity index (χ2v) is 2.65. The number of halogens is 3. The van der Waals surface area contributed by atoms with Gasteiger partial charge < -0.3 is 0 Å². The van der Waals surface area contributed by atoms with Gasteiger partial charge in [-0.3, -0.25) is 4.98 Å². The summed E-state index contributed by atoms with van der Waals surface area (Å²) in [5.41, 5.74) is -0.962. The lowest BCUT2D eigenvalue weighted by atomic mass is 10.0. The van der Waals surface area contributed by atoms with Gasteiger partial charge in [-0.15, -0.1) is 0 Å². The third kappa shape index (κ3) is 1.84. The lowest BCUT2D eigenvalue weighted by molar-refractivity contribution is -0.141. The van der Waals surface area contributed by atoms with Crippen LogP contribution in [0.25, 0.3) is 0 Å². The monoisotopic (exact) mass is 200 g/mol. The molecule has 0 saturated carbocycles. The third-order valence-corrected chi connectivity index (χ3v) is 1.80. The topological polar surface area (TPSA) is 36.7 Å². The third-order valence-electron chi connectivity index (χ3n) is 1.80. The van der Waals surface area contributed by atoms with Crippen LogP contribution in [0.15, 0.2) is 12.3 Å². The number of aromatic nitrogens is 1. The summed E-state index contributed by atoms with van der Waals surface area (Å²) in [4.78, 5) is 3.25. The molecule has 0 fully saturated rings. The first-order valence-corrected chi connectivity index (χ1v) is 3.96. The molecule has 0 unspecified atom stereocenters. The van der Waals surface area contributed by atoms with E-state index in [1.807, 2.05) is 0 Å². The van der Waals surface area contributed by atoms with E-state index in [1.54, 1.807) is 13.0 Å². The van der Waals surface area contributed by atoms with Gasteiger partial charge in [-0.05, 0) is 12.5 Å². The van der Waals surface area contributed by atoms with Crippen LogP contribution in [0.2, 0.25) is 0 Å². The molecule has 0 N–H and O–H groups in total. The number of nitriles is 1. The van der Waals surface area contributed by atoms with Gasteiger partial charge in [0.2, 0.25) is 0 Å². The normalized spacial score (nSPS) is 11.1. The number of hydrogen-bond donors (Lipinski definition) is 0. The maximum atomic E-state index is 12.4. The molecular weight excluding hydrogens is 193 g/mol. The van der Waals surface area contributed by atoms with Gasteiger partial charge in [0.05, 0.1) is 11.6 Å². The van der Waals surface area contributed by atoms with Crippen LogP contribution in [0.4, 0.5) is 13.2 Å². The molecule has 0 saturated heterocycles. The van der Waals surface area contributed by atoms with E-state index in [0.29, 0.717) is 0 Å². The van der Waals surface area contributed by atoms with Gasteiger partial charge in [0, 0.05) is 11.8 Å². The van der Waals surface area contributed by atoms with Gasteiger partial charge >= 0.3 is 6.18 Å². The summed E-state index contributed by atoms with van der Waals surface area (Å²) in [7, 11) is 0. The van der Waals surface area contributed by atoms with Crippen LogP contribution < -0.4 is 0 Å². The molecule has 0 aromatic carbocycles. The van der Waals surface area contributed by atoms with Crippen molar-refractivity contribution in [1.82, 2.24) is 4.98 Å². The highest BCUT2D eigenvalue weighted by atomic mass is 19.4. The van der Waals surface area contributed by atoms with E-state index in [1.165, 1.54) is 6.07 Å². The Morgan fingerprint density at radius 3 is 2.57 bits per heavy atom. The van der Waals surface area contributed by atoms with E-state index in [-0.39, 0.29) is 17.5 Å². The van der Waals surface area contributed by atoms with Crippen LogP contribution in [0.5, 0.6) is 0 Å². The summed E-state index contributed by atoms with van der Waals surface area (Å²) in [5.74, 6) is 0. The zero-order valence-electron chi connectivity index (χ0n) is 7.39. The highest BCUT2D eigenvalue weighted by Crippen LogP contribution is 2.31. The molecule has 0 aliphatic heterocycles. The quantitative estimate of drug-likeness (QED) is 0.698. The predicted octanol–water partition coefficient (Wildman–Crippen LogP) is 2.53. The van der Waals surface area contributed by atoms with Crippen molar-refractivity contribution in [2.45, 2.75) is 19.5 Å². The van der Waals surface area contributed by atoms with E-state index < -0.39 is 11.9 Å². The van der Waals surface area contributed by atoms with Crippen molar-refractivity contribution in [2.24, 2.45) is 0 Å². The largest absolute Gasteiger partial charge is 0.433 e. The minimum absolute atomic E-state index is 0.0369. The standard InChI is InChI=1S/C9H7F3N2/c1-2-7-6(5-13)3-4-14-8(7)9(10,11)12/h3-4H,2H2,1H3. The lowest BCUT2D eigenvalue weighted by Gasteiger charge is -2.10. The van der Waals surface area contributed by atoms with E-state index in [2.05, 4.69) is 4.98 Å². The molecule has 0 atom stereocenters. The average Bonchev–Trinajstić information content (AvgIpc) is 2.15. The number of alkyl halides is 3. The van der Waals surface area contributed by atoms with Crippen molar-refractivity contribution in [2.75, 3.05) is 0 Å². The van der Waals surface area contributed by atoms with E-state index >= 15 is 0 Å². The second kappa shape index (κ2) is 3.66. The zero-order chi connectivity index (χ0) is 10.8. The van der Waals surface area contributed by atoms with Gasteiger partial charge in [0.25, 0.3) is 0 Å². The molecule has 0 radical (unpaired) electrons. The summed E-state index contributed by atoms with van der Waals surface area (Å²) in [6.45, 7) is 1.56. The van der Waals surface area contributed by atoms with E-state index in [9.17, 15) is 13.2 Å². The Balaban J connectivity index is 3.39. The molecule has 1 heterocycles. The van der Waals surface area contributed by atoms with E-state index in [4.69, 9.17) is 5.26 Å². The molecule has 5 heteroatoms. The van der Waals surface area contributed by atoms with Gasteiger partial charge in [-0.25, -0.2) is 0 Å². The summed E-state index contributed by atoms with van der Waals surface area (Å²) in [5, 5.41) is 8.59. The van der Waals surface area contributed by atoms with Crippen molar-refractivity contribution in [3.8, 4) is 6.07 Å². The molecule has 1 aromatic rings. The van der Waals surface area contributed by atoms with Crippen molar-refractivity contribution in [3.63, 3.8) is 0 Å². The number of hydrogen-bond acceptors (Lipinski definition) is 2. The average molecular weight is 200 g/mol. The summed E-state index contributed by atoms with van der Waals surface area (Å²) in [6.07, 6.45) is -3.34. The fourth-order valence-corrected chi connectivity index (χ4v) is 1.20. The number of nitrogens with zero attached hydrogens (tertiary/aromatic N) is 2. The van der Waals surface area contributed by atoms with Crippen molar-refractivity contribution < 1.29 is 13.2 Å².